The molecule has 8 nitrogen and oxygen atoms in total. The number of rotatable bonds is 5. The molecule has 0 aromatic rings. The largest absolute Gasteiger partial charge is 0.469 e. The van der Waals surface area contributed by atoms with E-state index < -0.39 is 41.4 Å². The Morgan fingerprint density at radius 2 is 1.88 bits per heavy atom. The van der Waals surface area contributed by atoms with Crippen molar-refractivity contribution in [2.75, 3.05) is 20.7 Å². The Morgan fingerprint density at radius 3 is 2.33 bits per heavy atom. The van der Waals surface area contributed by atoms with E-state index in [1.165, 1.54) is 19.1 Å². The maximum Gasteiger partial charge on any atom is 0.331 e. The molecule has 1 rings (SSSR count). The van der Waals surface area contributed by atoms with Crippen LogP contribution in [-0.4, -0.2) is 66.0 Å². The lowest BCUT2D eigenvalue weighted by molar-refractivity contribution is -0.162. The highest BCUT2D eigenvalue weighted by Crippen LogP contribution is 2.23. The standard InChI is InChI=1S/C16H26N2O6/c1-7-10(8-12(19)23-6)13(20)18-11(9-17(5)15(18)22)14(21)24-16(2,3)4/h10-11H,7-9H2,1-6H3/t10-,11-/m0/s1. The Balaban J connectivity index is 3.01. The molecule has 1 heterocycles. The van der Waals surface area contributed by atoms with Crippen LogP contribution in [0.4, 0.5) is 4.79 Å². The van der Waals surface area contributed by atoms with Gasteiger partial charge in [-0.25, -0.2) is 14.5 Å². The van der Waals surface area contributed by atoms with Crippen molar-refractivity contribution in [3.05, 3.63) is 0 Å². The summed E-state index contributed by atoms with van der Waals surface area (Å²) in [6.45, 7) is 6.93. The number of urea groups is 1. The average molecular weight is 342 g/mol. The minimum absolute atomic E-state index is 0.0636. The molecule has 0 saturated carbocycles. The number of carbonyl (C=O) groups is 4. The summed E-state index contributed by atoms with van der Waals surface area (Å²) in [5, 5.41) is 0. The third-order valence-corrected chi connectivity index (χ3v) is 3.69. The van der Waals surface area contributed by atoms with Crippen LogP contribution in [0.3, 0.4) is 0 Å². The quantitative estimate of drug-likeness (QED) is 0.697. The first-order valence-corrected chi connectivity index (χ1v) is 7.89. The van der Waals surface area contributed by atoms with Gasteiger partial charge in [-0.3, -0.25) is 9.59 Å². The molecule has 136 valence electrons. The van der Waals surface area contributed by atoms with Gasteiger partial charge >= 0.3 is 18.0 Å². The number of imide groups is 1. The SMILES string of the molecule is CC[C@@H](CC(=O)OC)C(=O)N1C(=O)N(C)C[C@H]1C(=O)OC(C)(C)C. The van der Waals surface area contributed by atoms with E-state index in [0.717, 1.165) is 4.90 Å². The van der Waals surface area contributed by atoms with Crippen LogP contribution in [0.15, 0.2) is 0 Å². The number of hydrogen-bond acceptors (Lipinski definition) is 6. The molecule has 2 atom stereocenters. The molecule has 1 fully saturated rings. The molecule has 8 heteroatoms. The maximum absolute atomic E-state index is 12.7. The van der Waals surface area contributed by atoms with Crippen LogP contribution in [0.25, 0.3) is 0 Å². The lowest BCUT2D eigenvalue weighted by Crippen LogP contribution is -2.48. The van der Waals surface area contributed by atoms with Crippen LogP contribution in [0.2, 0.25) is 0 Å². The van der Waals surface area contributed by atoms with Gasteiger partial charge in [0, 0.05) is 13.0 Å². The smallest absolute Gasteiger partial charge is 0.331 e. The summed E-state index contributed by atoms with van der Waals surface area (Å²) in [7, 11) is 2.74. The Hall–Kier alpha value is -2.12. The summed E-state index contributed by atoms with van der Waals surface area (Å²) in [5.41, 5.74) is -0.730. The zero-order chi connectivity index (χ0) is 18.7. The predicted molar refractivity (Wildman–Crippen MR) is 84.9 cm³/mol. The molecule has 0 radical (unpaired) electrons. The first-order valence-electron chi connectivity index (χ1n) is 7.89. The molecule has 0 aromatic heterocycles. The molecule has 0 N–H and O–H groups in total. The van der Waals surface area contributed by atoms with Crippen molar-refractivity contribution in [2.45, 2.75) is 52.2 Å². The lowest BCUT2D eigenvalue weighted by atomic mass is 10.00. The topological polar surface area (TPSA) is 93.2 Å². The van der Waals surface area contributed by atoms with Gasteiger partial charge in [-0.15, -0.1) is 0 Å². The molecule has 1 aliphatic rings. The predicted octanol–water partition coefficient (Wildman–Crippen LogP) is 1.18. The van der Waals surface area contributed by atoms with Crippen molar-refractivity contribution < 1.29 is 28.7 Å². The number of amides is 3. The average Bonchev–Trinajstić information content (AvgIpc) is 2.78. The summed E-state index contributed by atoms with van der Waals surface area (Å²) in [4.78, 5) is 51.1. The Labute approximate surface area is 142 Å². The molecule has 0 aliphatic carbocycles. The number of esters is 2. The maximum atomic E-state index is 12.7. The second-order valence-electron chi connectivity index (χ2n) is 6.81. The van der Waals surface area contributed by atoms with Gasteiger partial charge in [0.05, 0.1) is 20.1 Å². The highest BCUT2D eigenvalue weighted by Gasteiger charge is 2.47. The van der Waals surface area contributed by atoms with E-state index in [0.29, 0.717) is 6.42 Å². The summed E-state index contributed by atoms with van der Waals surface area (Å²) < 4.78 is 9.90. The number of methoxy groups -OCH3 is 1. The van der Waals surface area contributed by atoms with E-state index in [2.05, 4.69) is 4.74 Å². The highest BCUT2D eigenvalue weighted by atomic mass is 16.6. The molecule has 3 amide bonds. The zero-order valence-electron chi connectivity index (χ0n) is 15.1. The molecular formula is C16H26N2O6. The fourth-order valence-corrected chi connectivity index (χ4v) is 2.42. The van der Waals surface area contributed by atoms with Crippen LogP contribution in [0, 0.1) is 5.92 Å². The van der Waals surface area contributed by atoms with Gasteiger partial charge in [-0.1, -0.05) is 6.92 Å². The van der Waals surface area contributed by atoms with E-state index in [-0.39, 0.29) is 13.0 Å². The molecule has 0 spiro atoms. The second-order valence-corrected chi connectivity index (χ2v) is 6.81. The van der Waals surface area contributed by atoms with E-state index >= 15 is 0 Å². The van der Waals surface area contributed by atoms with Crippen LogP contribution < -0.4 is 0 Å². The van der Waals surface area contributed by atoms with Crippen LogP contribution >= 0.6 is 0 Å². The highest BCUT2D eigenvalue weighted by molar-refractivity contribution is 6.02. The van der Waals surface area contributed by atoms with Crippen LogP contribution in [0.1, 0.15) is 40.5 Å². The van der Waals surface area contributed by atoms with Gasteiger partial charge in [0.25, 0.3) is 0 Å². The number of likely N-dealkylation sites (N-methyl/N-ethyl adjacent to an activating group) is 1. The fraction of sp³-hybridized carbons (Fsp3) is 0.750. The second kappa shape index (κ2) is 7.63. The van der Waals surface area contributed by atoms with Crippen LogP contribution in [0.5, 0.6) is 0 Å². The third-order valence-electron chi connectivity index (χ3n) is 3.69. The first kappa shape index (κ1) is 19.9. The van der Waals surface area contributed by atoms with Crippen molar-refractivity contribution in [2.24, 2.45) is 5.92 Å². The molecule has 1 aliphatic heterocycles. The molecule has 0 unspecified atom stereocenters. The van der Waals surface area contributed by atoms with Gasteiger partial charge in [0.15, 0.2) is 6.04 Å². The molecular weight excluding hydrogens is 316 g/mol. The molecule has 24 heavy (non-hydrogen) atoms. The first-order chi connectivity index (χ1) is 11.0. The minimum atomic E-state index is -1.01. The number of hydrogen-bond donors (Lipinski definition) is 0. The number of carbonyl (C=O) groups excluding carboxylic acids is 4. The van der Waals surface area contributed by atoms with E-state index in [9.17, 15) is 19.2 Å². The normalized spacial score (nSPS) is 19.2. The molecule has 1 saturated heterocycles. The Bertz CT molecular complexity index is 525. The number of nitrogens with zero attached hydrogens (tertiary/aromatic N) is 2. The van der Waals surface area contributed by atoms with Gasteiger partial charge in [0.2, 0.25) is 5.91 Å². The summed E-state index contributed by atoms with van der Waals surface area (Å²) in [5.74, 6) is -2.46. The van der Waals surface area contributed by atoms with Gasteiger partial charge < -0.3 is 14.4 Å². The summed E-state index contributed by atoms with van der Waals surface area (Å²) in [6, 6.07) is -1.58. The Morgan fingerprint density at radius 1 is 1.29 bits per heavy atom. The summed E-state index contributed by atoms with van der Waals surface area (Å²) >= 11 is 0. The zero-order valence-corrected chi connectivity index (χ0v) is 15.1. The van der Waals surface area contributed by atoms with E-state index in [4.69, 9.17) is 4.74 Å². The van der Waals surface area contributed by atoms with Crippen molar-refractivity contribution in [3.63, 3.8) is 0 Å². The molecule has 0 aromatic carbocycles. The minimum Gasteiger partial charge on any atom is -0.469 e. The summed E-state index contributed by atoms with van der Waals surface area (Å²) in [6.07, 6.45) is 0.211. The lowest BCUT2D eigenvalue weighted by Gasteiger charge is -2.27. The molecule has 0 bridgehead atoms. The van der Waals surface area contributed by atoms with Crippen molar-refractivity contribution in [1.29, 1.82) is 0 Å². The van der Waals surface area contributed by atoms with Crippen molar-refractivity contribution in [3.8, 4) is 0 Å². The van der Waals surface area contributed by atoms with E-state index in [1.54, 1.807) is 27.7 Å². The number of ether oxygens (including phenoxy) is 2. The van der Waals surface area contributed by atoms with Gasteiger partial charge in [-0.2, -0.15) is 0 Å². The third kappa shape index (κ3) is 4.69. The van der Waals surface area contributed by atoms with Gasteiger partial charge in [0.1, 0.15) is 5.60 Å². The Kier molecular flexibility index (Phi) is 6.34. The monoisotopic (exact) mass is 342 g/mol. The van der Waals surface area contributed by atoms with Crippen molar-refractivity contribution >= 4 is 23.9 Å². The van der Waals surface area contributed by atoms with E-state index in [1.807, 2.05) is 0 Å². The van der Waals surface area contributed by atoms with Crippen molar-refractivity contribution in [1.82, 2.24) is 9.80 Å². The van der Waals surface area contributed by atoms with Gasteiger partial charge in [-0.05, 0) is 27.2 Å². The fourth-order valence-electron chi connectivity index (χ4n) is 2.42. The van der Waals surface area contributed by atoms with Crippen LogP contribution in [-0.2, 0) is 23.9 Å².